The summed E-state index contributed by atoms with van der Waals surface area (Å²) in [6, 6.07) is 6.13. The molecule has 114 valence electrons. The molecule has 4 nitrogen and oxygen atoms in total. The molecule has 5 heteroatoms. The molecular weight excluding hydrogens is 271 g/mol. The maximum Gasteiger partial charge on any atom is 0.227 e. The predicted molar refractivity (Wildman–Crippen MR) is 78.2 cm³/mol. The van der Waals surface area contributed by atoms with Gasteiger partial charge in [-0.1, -0.05) is 19.1 Å². The molecule has 1 aromatic rings. The first-order valence-corrected chi connectivity index (χ1v) is 7.40. The normalized spacial score (nSPS) is 15.7. The maximum absolute atomic E-state index is 13.1. The first-order chi connectivity index (χ1) is 10.1. The SMILES string of the molecule is CCC(=O)N1CCCN(C(=O)Cc2cccc(F)c2)CC1. The average molecular weight is 292 g/mol. The van der Waals surface area contributed by atoms with Crippen molar-refractivity contribution in [1.29, 1.82) is 0 Å². The number of halogens is 1. The molecule has 0 N–H and O–H groups in total. The molecule has 0 radical (unpaired) electrons. The Labute approximate surface area is 124 Å². The van der Waals surface area contributed by atoms with E-state index in [0.717, 1.165) is 6.42 Å². The second-order valence-electron chi connectivity index (χ2n) is 5.28. The number of rotatable bonds is 3. The van der Waals surface area contributed by atoms with Crippen LogP contribution in [0.5, 0.6) is 0 Å². The Bertz CT molecular complexity index is 519. The lowest BCUT2D eigenvalue weighted by Crippen LogP contribution is -2.37. The molecule has 0 atom stereocenters. The van der Waals surface area contributed by atoms with Crippen molar-refractivity contribution in [3.63, 3.8) is 0 Å². The second-order valence-corrected chi connectivity index (χ2v) is 5.28. The molecule has 1 aromatic carbocycles. The molecule has 2 rings (SSSR count). The van der Waals surface area contributed by atoms with E-state index < -0.39 is 0 Å². The molecule has 1 aliphatic heterocycles. The lowest BCUT2D eigenvalue weighted by atomic mass is 10.1. The standard InChI is InChI=1S/C16H21FN2O2/c1-2-15(20)18-7-4-8-19(10-9-18)16(21)12-13-5-3-6-14(17)11-13/h3,5-6,11H,2,4,7-10,12H2,1H3. The van der Waals surface area contributed by atoms with Crippen LogP contribution in [-0.2, 0) is 16.0 Å². The van der Waals surface area contributed by atoms with E-state index in [9.17, 15) is 14.0 Å². The summed E-state index contributed by atoms with van der Waals surface area (Å²) < 4.78 is 13.1. The quantitative estimate of drug-likeness (QED) is 0.853. The monoisotopic (exact) mass is 292 g/mol. The molecule has 0 bridgehead atoms. The minimum atomic E-state index is -0.323. The zero-order valence-corrected chi connectivity index (χ0v) is 12.3. The van der Waals surface area contributed by atoms with Crippen molar-refractivity contribution in [2.45, 2.75) is 26.2 Å². The van der Waals surface area contributed by atoms with Gasteiger partial charge in [-0.25, -0.2) is 4.39 Å². The summed E-state index contributed by atoms with van der Waals surface area (Å²) in [6.07, 6.45) is 1.50. The van der Waals surface area contributed by atoms with Gasteiger partial charge in [-0.05, 0) is 24.1 Å². The summed E-state index contributed by atoms with van der Waals surface area (Å²) in [5.74, 6) is -0.197. The smallest absolute Gasteiger partial charge is 0.227 e. The van der Waals surface area contributed by atoms with E-state index in [4.69, 9.17) is 0 Å². The first kappa shape index (κ1) is 15.5. The zero-order valence-electron chi connectivity index (χ0n) is 12.3. The lowest BCUT2D eigenvalue weighted by molar-refractivity contribution is -0.133. The second kappa shape index (κ2) is 7.20. The molecule has 2 amide bonds. The van der Waals surface area contributed by atoms with Crippen molar-refractivity contribution in [3.8, 4) is 0 Å². The first-order valence-electron chi connectivity index (χ1n) is 7.40. The number of carbonyl (C=O) groups is 2. The molecule has 0 saturated carbocycles. The Hall–Kier alpha value is -1.91. The molecule has 1 aliphatic rings. The summed E-state index contributed by atoms with van der Waals surface area (Å²) in [6.45, 7) is 4.35. The van der Waals surface area contributed by atoms with Crippen LogP contribution in [0.1, 0.15) is 25.3 Å². The summed E-state index contributed by atoms with van der Waals surface area (Å²) in [5.41, 5.74) is 0.686. The third kappa shape index (κ3) is 4.28. The van der Waals surface area contributed by atoms with Crippen LogP contribution in [0.15, 0.2) is 24.3 Å². The van der Waals surface area contributed by atoms with Gasteiger partial charge in [0, 0.05) is 32.6 Å². The number of hydrogen-bond donors (Lipinski definition) is 0. The van der Waals surface area contributed by atoms with Crippen LogP contribution in [0.25, 0.3) is 0 Å². The fourth-order valence-electron chi connectivity index (χ4n) is 2.57. The van der Waals surface area contributed by atoms with E-state index in [1.807, 2.05) is 11.8 Å². The van der Waals surface area contributed by atoms with Gasteiger partial charge in [0.05, 0.1) is 6.42 Å². The summed E-state index contributed by atoms with van der Waals surface area (Å²) in [7, 11) is 0. The molecule has 0 aliphatic carbocycles. The van der Waals surface area contributed by atoms with E-state index >= 15 is 0 Å². The van der Waals surface area contributed by atoms with Crippen molar-refractivity contribution < 1.29 is 14.0 Å². The molecule has 1 fully saturated rings. The zero-order chi connectivity index (χ0) is 15.2. The van der Waals surface area contributed by atoms with Crippen LogP contribution in [0.3, 0.4) is 0 Å². The van der Waals surface area contributed by atoms with Crippen molar-refractivity contribution in [1.82, 2.24) is 9.80 Å². The highest BCUT2D eigenvalue weighted by Crippen LogP contribution is 2.09. The van der Waals surface area contributed by atoms with E-state index in [1.165, 1.54) is 12.1 Å². The van der Waals surface area contributed by atoms with Gasteiger partial charge >= 0.3 is 0 Å². The molecule has 0 unspecified atom stereocenters. The molecule has 1 heterocycles. The minimum Gasteiger partial charge on any atom is -0.341 e. The van der Waals surface area contributed by atoms with Crippen molar-refractivity contribution in [3.05, 3.63) is 35.6 Å². The molecule has 0 aromatic heterocycles. The summed E-state index contributed by atoms with van der Waals surface area (Å²) in [4.78, 5) is 27.6. The Morgan fingerprint density at radius 1 is 1.10 bits per heavy atom. The minimum absolute atomic E-state index is 0.00797. The van der Waals surface area contributed by atoms with Gasteiger partial charge in [0.1, 0.15) is 5.82 Å². The number of benzene rings is 1. The van der Waals surface area contributed by atoms with Gasteiger partial charge in [-0.3, -0.25) is 9.59 Å². The highest BCUT2D eigenvalue weighted by atomic mass is 19.1. The lowest BCUT2D eigenvalue weighted by Gasteiger charge is -2.22. The van der Waals surface area contributed by atoms with Crippen molar-refractivity contribution in [2.24, 2.45) is 0 Å². The Balaban J connectivity index is 1.92. The Morgan fingerprint density at radius 3 is 2.38 bits per heavy atom. The predicted octanol–water partition coefficient (Wildman–Crippen LogP) is 1.84. The van der Waals surface area contributed by atoms with E-state index in [-0.39, 0.29) is 24.1 Å². The molecular formula is C16H21FN2O2. The fourth-order valence-corrected chi connectivity index (χ4v) is 2.57. The number of nitrogens with zero attached hydrogens (tertiary/aromatic N) is 2. The van der Waals surface area contributed by atoms with Gasteiger partial charge < -0.3 is 9.80 Å². The Kier molecular flexibility index (Phi) is 5.31. The van der Waals surface area contributed by atoms with E-state index in [2.05, 4.69) is 0 Å². The van der Waals surface area contributed by atoms with Gasteiger partial charge in [0.15, 0.2) is 0 Å². The average Bonchev–Trinajstić information content (AvgIpc) is 2.72. The largest absolute Gasteiger partial charge is 0.341 e. The topological polar surface area (TPSA) is 40.6 Å². The van der Waals surface area contributed by atoms with Crippen LogP contribution < -0.4 is 0 Å². The van der Waals surface area contributed by atoms with Gasteiger partial charge in [-0.2, -0.15) is 0 Å². The summed E-state index contributed by atoms with van der Waals surface area (Å²) >= 11 is 0. The number of carbonyl (C=O) groups excluding carboxylic acids is 2. The van der Waals surface area contributed by atoms with Gasteiger partial charge in [0.2, 0.25) is 11.8 Å². The van der Waals surface area contributed by atoms with Crippen molar-refractivity contribution in [2.75, 3.05) is 26.2 Å². The molecule has 1 saturated heterocycles. The Morgan fingerprint density at radius 2 is 1.76 bits per heavy atom. The summed E-state index contributed by atoms with van der Waals surface area (Å²) in [5, 5.41) is 0. The number of hydrogen-bond acceptors (Lipinski definition) is 2. The van der Waals surface area contributed by atoms with Crippen LogP contribution in [0.2, 0.25) is 0 Å². The van der Waals surface area contributed by atoms with Crippen LogP contribution in [-0.4, -0.2) is 47.8 Å². The molecule has 21 heavy (non-hydrogen) atoms. The molecule has 0 spiro atoms. The van der Waals surface area contributed by atoms with Crippen LogP contribution >= 0.6 is 0 Å². The highest BCUT2D eigenvalue weighted by Gasteiger charge is 2.21. The third-order valence-corrected chi connectivity index (χ3v) is 3.75. The third-order valence-electron chi connectivity index (χ3n) is 3.75. The van der Waals surface area contributed by atoms with E-state index in [1.54, 1.807) is 17.0 Å². The number of amides is 2. The van der Waals surface area contributed by atoms with E-state index in [0.29, 0.717) is 38.2 Å². The van der Waals surface area contributed by atoms with Crippen LogP contribution in [0, 0.1) is 5.82 Å². The fraction of sp³-hybridized carbons (Fsp3) is 0.500. The van der Waals surface area contributed by atoms with Crippen LogP contribution in [0.4, 0.5) is 4.39 Å². The van der Waals surface area contributed by atoms with Gasteiger partial charge in [-0.15, -0.1) is 0 Å². The van der Waals surface area contributed by atoms with Crippen molar-refractivity contribution >= 4 is 11.8 Å². The highest BCUT2D eigenvalue weighted by molar-refractivity contribution is 5.79. The maximum atomic E-state index is 13.1. The van der Waals surface area contributed by atoms with Gasteiger partial charge in [0.25, 0.3) is 0 Å².